The van der Waals surface area contributed by atoms with Crippen molar-refractivity contribution in [1.82, 2.24) is 4.98 Å². The maximum Gasteiger partial charge on any atom is 0.307 e. The van der Waals surface area contributed by atoms with Crippen LogP contribution in [-0.2, 0) is 24.4 Å². The molecule has 0 unspecified atom stereocenters. The van der Waals surface area contributed by atoms with Gasteiger partial charge in [0.2, 0.25) is 5.89 Å². The molecule has 0 radical (unpaired) electrons. The fourth-order valence-electron chi connectivity index (χ4n) is 3.26. The second kappa shape index (κ2) is 9.83. The van der Waals surface area contributed by atoms with Gasteiger partial charge in [-0.3, -0.25) is 4.79 Å². The van der Waals surface area contributed by atoms with Crippen molar-refractivity contribution in [3.05, 3.63) is 101 Å². The number of aryl methyl sites for hydroxylation is 1. The van der Waals surface area contributed by atoms with Crippen molar-refractivity contribution in [2.45, 2.75) is 26.6 Å². The van der Waals surface area contributed by atoms with E-state index in [1.54, 1.807) is 24.3 Å². The molecule has 4 rings (SSSR count). The van der Waals surface area contributed by atoms with Crippen LogP contribution in [0.2, 0.25) is 0 Å². The van der Waals surface area contributed by atoms with Crippen LogP contribution in [0.1, 0.15) is 22.6 Å². The molecule has 1 heterocycles. The number of aliphatic carboxylic acids is 1. The second-order valence-corrected chi connectivity index (χ2v) is 7.29. The first-order valence-electron chi connectivity index (χ1n) is 10.2. The summed E-state index contributed by atoms with van der Waals surface area (Å²) in [6.07, 6.45) is -0.0427. The number of carboxylic acid groups (broad SMARTS) is 1. The lowest BCUT2D eigenvalue weighted by Crippen LogP contribution is -2.03. The van der Waals surface area contributed by atoms with Gasteiger partial charge in [-0.15, -0.1) is 0 Å². The molecule has 0 saturated heterocycles. The number of hydrogen-bond acceptors (Lipinski definition) is 5. The third-order valence-corrected chi connectivity index (χ3v) is 4.90. The fourth-order valence-corrected chi connectivity index (χ4v) is 3.26. The van der Waals surface area contributed by atoms with Crippen molar-refractivity contribution < 1.29 is 23.8 Å². The van der Waals surface area contributed by atoms with Crippen molar-refractivity contribution in [1.29, 1.82) is 0 Å². The molecule has 4 aromatic rings. The van der Waals surface area contributed by atoms with Crippen LogP contribution < -0.4 is 9.47 Å². The molecular weight excluding hydrogens is 406 g/mol. The van der Waals surface area contributed by atoms with Crippen molar-refractivity contribution in [2.24, 2.45) is 0 Å². The highest BCUT2D eigenvalue weighted by Crippen LogP contribution is 2.25. The lowest BCUT2D eigenvalue weighted by Gasteiger charge is -2.12. The van der Waals surface area contributed by atoms with Crippen molar-refractivity contribution in [2.75, 3.05) is 0 Å². The molecule has 0 atom stereocenters. The summed E-state index contributed by atoms with van der Waals surface area (Å²) in [4.78, 5) is 15.5. The number of para-hydroxylation sites is 1. The van der Waals surface area contributed by atoms with Gasteiger partial charge in [-0.25, -0.2) is 4.98 Å². The summed E-state index contributed by atoms with van der Waals surface area (Å²) in [6.45, 7) is 2.43. The van der Waals surface area contributed by atoms with E-state index in [9.17, 15) is 4.79 Å². The molecule has 162 valence electrons. The summed E-state index contributed by atoms with van der Waals surface area (Å²) in [6, 6.07) is 24.5. The highest BCUT2D eigenvalue weighted by Gasteiger charge is 2.13. The molecule has 0 amide bonds. The highest BCUT2D eigenvalue weighted by molar-refractivity contribution is 5.70. The Labute approximate surface area is 186 Å². The standard InChI is InChI=1S/C26H23NO5/c1-18-23(27-26(32-18)20-9-3-2-4-10-20)17-31-24-13-6-5-11-21(24)16-30-22-12-7-8-19(14-22)15-25(28)29/h2-14H,15-17H2,1H3,(H,28,29). The zero-order valence-electron chi connectivity index (χ0n) is 17.7. The van der Waals surface area contributed by atoms with Gasteiger partial charge in [0.25, 0.3) is 0 Å². The number of rotatable bonds is 9. The van der Waals surface area contributed by atoms with Gasteiger partial charge in [0.1, 0.15) is 36.2 Å². The number of carbonyl (C=O) groups is 1. The minimum absolute atomic E-state index is 0.0427. The lowest BCUT2D eigenvalue weighted by molar-refractivity contribution is -0.136. The Kier molecular flexibility index (Phi) is 6.51. The van der Waals surface area contributed by atoms with Crippen LogP contribution in [0, 0.1) is 6.92 Å². The average Bonchev–Trinajstić information content (AvgIpc) is 3.18. The number of nitrogens with zero attached hydrogens (tertiary/aromatic N) is 1. The second-order valence-electron chi connectivity index (χ2n) is 7.29. The first-order valence-corrected chi connectivity index (χ1v) is 10.2. The predicted octanol–water partition coefficient (Wildman–Crippen LogP) is 5.44. The molecule has 0 spiro atoms. The molecule has 3 aromatic carbocycles. The summed E-state index contributed by atoms with van der Waals surface area (Å²) >= 11 is 0. The van der Waals surface area contributed by atoms with Gasteiger partial charge in [0.05, 0.1) is 6.42 Å². The topological polar surface area (TPSA) is 81.8 Å². The number of hydrogen-bond donors (Lipinski definition) is 1. The molecule has 0 aliphatic carbocycles. The maximum absolute atomic E-state index is 10.9. The molecule has 6 nitrogen and oxygen atoms in total. The fraction of sp³-hybridized carbons (Fsp3) is 0.154. The number of aromatic nitrogens is 1. The maximum atomic E-state index is 10.9. The van der Waals surface area contributed by atoms with Crippen LogP contribution in [-0.4, -0.2) is 16.1 Å². The normalized spacial score (nSPS) is 10.7. The smallest absolute Gasteiger partial charge is 0.307 e. The lowest BCUT2D eigenvalue weighted by atomic mass is 10.1. The van der Waals surface area contributed by atoms with E-state index in [1.165, 1.54) is 0 Å². The van der Waals surface area contributed by atoms with Gasteiger partial charge >= 0.3 is 5.97 Å². The first-order chi connectivity index (χ1) is 15.6. The Morgan fingerprint density at radius 3 is 2.53 bits per heavy atom. The van der Waals surface area contributed by atoms with E-state index in [4.69, 9.17) is 19.0 Å². The Balaban J connectivity index is 1.42. The largest absolute Gasteiger partial charge is 0.489 e. The van der Waals surface area contributed by atoms with E-state index in [2.05, 4.69) is 4.98 Å². The Hall–Kier alpha value is -4.06. The van der Waals surface area contributed by atoms with Gasteiger partial charge in [0, 0.05) is 11.1 Å². The van der Waals surface area contributed by atoms with Crippen molar-refractivity contribution in [3.63, 3.8) is 0 Å². The predicted molar refractivity (Wildman–Crippen MR) is 120 cm³/mol. The Morgan fingerprint density at radius 2 is 1.72 bits per heavy atom. The summed E-state index contributed by atoms with van der Waals surface area (Å²) < 4.78 is 17.7. The molecule has 6 heteroatoms. The summed E-state index contributed by atoms with van der Waals surface area (Å²) in [5.41, 5.74) is 3.22. The SMILES string of the molecule is Cc1oc(-c2ccccc2)nc1COc1ccccc1COc1cccc(CC(=O)O)c1. The van der Waals surface area contributed by atoms with Crippen LogP contribution in [0.15, 0.2) is 83.3 Å². The van der Waals surface area contributed by atoms with E-state index in [-0.39, 0.29) is 13.0 Å². The zero-order valence-corrected chi connectivity index (χ0v) is 17.7. The van der Waals surface area contributed by atoms with Crippen LogP contribution in [0.4, 0.5) is 0 Å². The van der Waals surface area contributed by atoms with Crippen molar-refractivity contribution in [3.8, 4) is 23.0 Å². The Morgan fingerprint density at radius 1 is 0.938 bits per heavy atom. The highest BCUT2D eigenvalue weighted by atomic mass is 16.5. The van der Waals surface area contributed by atoms with E-state index in [0.717, 1.165) is 16.8 Å². The van der Waals surface area contributed by atoms with Crippen LogP contribution in [0.3, 0.4) is 0 Å². The molecule has 0 aliphatic rings. The van der Waals surface area contributed by atoms with E-state index in [1.807, 2.05) is 61.5 Å². The number of ether oxygens (including phenoxy) is 2. The zero-order chi connectivity index (χ0) is 22.3. The number of benzene rings is 3. The third kappa shape index (κ3) is 5.35. The molecule has 1 aromatic heterocycles. The van der Waals surface area contributed by atoms with Gasteiger partial charge in [-0.2, -0.15) is 0 Å². The number of carboxylic acids is 1. The van der Waals surface area contributed by atoms with E-state index in [0.29, 0.717) is 35.3 Å². The van der Waals surface area contributed by atoms with E-state index < -0.39 is 5.97 Å². The summed E-state index contributed by atoms with van der Waals surface area (Å²) in [5.74, 6) is 1.71. The molecule has 32 heavy (non-hydrogen) atoms. The van der Waals surface area contributed by atoms with Crippen molar-refractivity contribution >= 4 is 5.97 Å². The van der Waals surface area contributed by atoms with Gasteiger partial charge in [-0.05, 0) is 42.8 Å². The molecule has 0 aliphatic heterocycles. The molecule has 0 fully saturated rings. The van der Waals surface area contributed by atoms with Crippen LogP contribution in [0.5, 0.6) is 11.5 Å². The van der Waals surface area contributed by atoms with Crippen LogP contribution in [0.25, 0.3) is 11.5 Å². The van der Waals surface area contributed by atoms with E-state index >= 15 is 0 Å². The molecule has 0 saturated carbocycles. The first kappa shape index (κ1) is 21.2. The molecule has 0 bridgehead atoms. The minimum atomic E-state index is -0.875. The quantitative estimate of drug-likeness (QED) is 0.382. The molecule has 1 N–H and O–H groups in total. The minimum Gasteiger partial charge on any atom is -0.489 e. The van der Waals surface area contributed by atoms with Gasteiger partial charge in [-0.1, -0.05) is 48.5 Å². The summed E-state index contributed by atoms with van der Waals surface area (Å²) in [5, 5.41) is 8.97. The Bertz CT molecular complexity index is 1200. The summed E-state index contributed by atoms with van der Waals surface area (Å²) in [7, 11) is 0. The number of oxazole rings is 1. The van der Waals surface area contributed by atoms with Gasteiger partial charge in [0.15, 0.2) is 0 Å². The third-order valence-electron chi connectivity index (χ3n) is 4.90. The van der Waals surface area contributed by atoms with Crippen LogP contribution >= 0.6 is 0 Å². The average molecular weight is 429 g/mol. The molecular formula is C26H23NO5. The monoisotopic (exact) mass is 429 g/mol. The van der Waals surface area contributed by atoms with Gasteiger partial charge < -0.3 is 19.0 Å².